The number of nitrogens with zero attached hydrogens (tertiary/aromatic N) is 2. The Kier molecular flexibility index (Phi) is 11.1. The fraction of sp³-hybridized carbons (Fsp3) is 0.714. The molecule has 0 aromatic heterocycles. The second-order valence-corrected chi connectivity index (χ2v) is 4.82. The standard InChI is InChI=1S/C14H24N2O8/c1-3-23-13(21)9-16(10-14(22)24-4-2)6-5-15(7-11(17)18)8-12(19)20/h3-10H2,1-2H3,(H,17,18)(H,19,20). The van der Waals surface area contributed by atoms with Crippen molar-refractivity contribution in [2.45, 2.75) is 13.8 Å². The Hall–Kier alpha value is -2.20. The summed E-state index contributed by atoms with van der Waals surface area (Å²) in [7, 11) is 0. The van der Waals surface area contributed by atoms with Crippen molar-refractivity contribution in [3.8, 4) is 0 Å². The zero-order valence-corrected chi connectivity index (χ0v) is 13.9. The number of carboxylic acid groups (broad SMARTS) is 2. The van der Waals surface area contributed by atoms with E-state index >= 15 is 0 Å². The van der Waals surface area contributed by atoms with Crippen LogP contribution in [0.2, 0.25) is 0 Å². The summed E-state index contributed by atoms with van der Waals surface area (Å²) in [6, 6.07) is 0. The predicted molar refractivity (Wildman–Crippen MR) is 81.4 cm³/mol. The molecule has 0 saturated carbocycles. The largest absolute Gasteiger partial charge is 0.480 e. The van der Waals surface area contributed by atoms with E-state index in [1.165, 1.54) is 9.80 Å². The zero-order chi connectivity index (χ0) is 18.5. The lowest BCUT2D eigenvalue weighted by Crippen LogP contribution is -2.43. The van der Waals surface area contributed by atoms with Crippen LogP contribution < -0.4 is 0 Å². The molecule has 0 radical (unpaired) electrons. The molecule has 0 aromatic carbocycles. The molecule has 0 bridgehead atoms. The van der Waals surface area contributed by atoms with Crippen LogP contribution in [-0.4, -0.2) is 96.4 Å². The summed E-state index contributed by atoms with van der Waals surface area (Å²) in [6.07, 6.45) is 0. The Morgan fingerprint density at radius 1 is 0.708 bits per heavy atom. The average Bonchev–Trinajstić information content (AvgIpc) is 2.43. The summed E-state index contributed by atoms with van der Waals surface area (Å²) < 4.78 is 9.63. The fourth-order valence-corrected chi connectivity index (χ4v) is 1.87. The molecular weight excluding hydrogens is 324 g/mol. The van der Waals surface area contributed by atoms with E-state index in [1.807, 2.05) is 0 Å². The quantitative estimate of drug-likeness (QED) is 0.394. The molecule has 0 aromatic rings. The highest BCUT2D eigenvalue weighted by Crippen LogP contribution is 1.96. The van der Waals surface area contributed by atoms with Gasteiger partial charge in [0.1, 0.15) is 0 Å². The van der Waals surface area contributed by atoms with Gasteiger partial charge >= 0.3 is 23.9 Å². The highest BCUT2D eigenvalue weighted by molar-refractivity contribution is 5.75. The summed E-state index contributed by atoms with van der Waals surface area (Å²) in [5, 5.41) is 17.6. The molecule has 24 heavy (non-hydrogen) atoms. The van der Waals surface area contributed by atoms with Crippen molar-refractivity contribution in [3.05, 3.63) is 0 Å². The summed E-state index contributed by atoms with van der Waals surface area (Å²) in [5.41, 5.74) is 0. The van der Waals surface area contributed by atoms with E-state index in [1.54, 1.807) is 13.8 Å². The molecule has 2 N–H and O–H groups in total. The van der Waals surface area contributed by atoms with Gasteiger partial charge in [-0.15, -0.1) is 0 Å². The van der Waals surface area contributed by atoms with E-state index in [-0.39, 0.29) is 39.4 Å². The number of rotatable bonds is 13. The molecule has 0 fully saturated rings. The average molecular weight is 348 g/mol. The first-order valence-electron chi connectivity index (χ1n) is 7.48. The van der Waals surface area contributed by atoms with Gasteiger partial charge in [0.05, 0.1) is 39.4 Å². The molecule has 0 spiro atoms. The predicted octanol–water partition coefficient (Wildman–Crippen LogP) is -1.11. The molecule has 0 atom stereocenters. The van der Waals surface area contributed by atoms with E-state index in [2.05, 4.69) is 0 Å². The SMILES string of the molecule is CCOC(=O)CN(CCN(CC(=O)O)CC(=O)O)CC(=O)OCC. The van der Waals surface area contributed by atoms with E-state index in [4.69, 9.17) is 19.7 Å². The van der Waals surface area contributed by atoms with Crippen LogP contribution in [-0.2, 0) is 28.7 Å². The van der Waals surface area contributed by atoms with E-state index in [0.717, 1.165) is 0 Å². The van der Waals surface area contributed by atoms with Crippen LogP contribution in [0.5, 0.6) is 0 Å². The van der Waals surface area contributed by atoms with Gasteiger partial charge in [-0.2, -0.15) is 0 Å². The Morgan fingerprint density at radius 2 is 1.04 bits per heavy atom. The molecule has 0 saturated heterocycles. The van der Waals surface area contributed by atoms with Crippen molar-refractivity contribution in [1.82, 2.24) is 9.80 Å². The molecule has 10 nitrogen and oxygen atoms in total. The van der Waals surface area contributed by atoms with Crippen LogP contribution in [0.4, 0.5) is 0 Å². The van der Waals surface area contributed by atoms with Gasteiger partial charge in [0.25, 0.3) is 0 Å². The molecule has 0 rings (SSSR count). The van der Waals surface area contributed by atoms with Crippen LogP contribution >= 0.6 is 0 Å². The van der Waals surface area contributed by atoms with Crippen molar-refractivity contribution in [2.75, 3.05) is 52.5 Å². The number of hydrogen-bond donors (Lipinski definition) is 2. The van der Waals surface area contributed by atoms with Gasteiger partial charge < -0.3 is 19.7 Å². The summed E-state index contributed by atoms with van der Waals surface area (Å²) in [6.45, 7) is 2.56. The molecule has 0 aliphatic rings. The Bertz CT molecular complexity index is 404. The molecule has 10 heteroatoms. The maximum atomic E-state index is 11.6. The number of ether oxygens (including phenoxy) is 2. The van der Waals surface area contributed by atoms with Crippen molar-refractivity contribution >= 4 is 23.9 Å². The van der Waals surface area contributed by atoms with E-state index in [9.17, 15) is 19.2 Å². The van der Waals surface area contributed by atoms with Gasteiger partial charge in [-0.25, -0.2) is 0 Å². The second kappa shape index (κ2) is 12.3. The third kappa shape index (κ3) is 11.4. The lowest BCUT2D eigenvalue weighted by atomic mass is 10.4. The topological polar surface area (TPSA) is 134 Å². The minimum Gasteiger partial charge on any atom is -0.480 e. The van der Waals surface area contributed by atoms with Gasteiger partial charge in [0.15, 0.2) is 0 Å². The normalized spacial score (nSPS) is 10.7. The maximum absolute atomic E-state index is 11.6. The van der Waals surface area contributed by atoms with Crippen LogP contribution in [0, 0.1) is 0 Å². The lowest BCUT2D eigenvalue weighted by molar-refractivity contribution is -0.149. The monoisotopic (exact) mass is 348 g/mol. The fourth-order valence-electron chi connectivity index (χ4n) is 1.87. The highest BCUT2D eigenvalue weighted by atomic mass is 16.5. The van der Waals surface area contributed by atoms with Crippen molar-refractivity contribution < 1.29 is 38.9 Å². The minimum atomic E-state index is -1.17. The van der Waals surface area contributed by atoms with E-state index in [0.29, 0.717) is 0 Å². The van der Waals surface area contributed by atoms with Gasteiger partial charge in [-0.1, -0.05) is 0 Å². The van der Waals surface area contributed by atoms with Gasteiger partial charge in [0, 0.05) is 13.1 Å². The molecule has 0 unspecified atom stereocenters. The number of carboxylic acids is 2. The van der Waals surface area contributed by atoms with Crippen molar-refractivity contribution in [3.63, 3.8) is 0 Å². The molecule has 138 valence electrons. The van der Waals surface area contributed by atoms with Gasteiger partial charge in [-0.3, -0.25) is 29.0 Å². The smallest absolute Gasteiger partial charge is 0.320 e. The molecule has 0 aliphatic heterocycles. The van der Waals surface area contributed by atoms with E-state index < -0.39 is 37.0 Å². The maximum Gasteiger partial charge on any atom is 0.320 e. The van der Waals surface area contributed by atoms with Crippen molar-refractivity contribution in [2.24, 2.45) is 0 Å². The molecule has 0 amide bonds. The number of esters is 2. The molecule has 0 aliphatic carbocycles. The summed E-state index contributed by atoms with van der Waals surface area (Å²) in [4.78, 5) is 47.3. The summed E-state index contributed by atoms with van der Waals surface area (Å²) in [5.74, 6) is -3.41. The summed E-state index contributed by atoms with van der Waals surface area (Å²) >= 11 is 0. The first-order chi connectivity index (χ1) is 11.3. The number of carbonyl (C=O) groups excluding carboxylic acids is 2. The number of carbonyl (C=O) groups is 4. The van der Waals surface area contributed by atoms with Gasteiger partial charge in [0.2, 0.25) is 0 Å². The number of hydrogen-bond acceptors (Lipinski definition) is 8. The van der Waals surface area contributed by atoms with Crippen molar-refractivity contribution in [1.29, 1.82) is 0 Å². The van der Waals surface area contributed by atoms with Crippen LogP contribution in [0.25, 0.3) is 0 Å². The highest BCUT2D eigenvalue weighted by Gasteiger charge is 2.19. The van der Waals surface area contributed by atoms with Crippen LogP contribution in [0.3, 0.4) is 0 Å². The molecular formula is C14H24N2O8. The first-order valence-corrected chi connectivity index (χ1v) is 7.48. The minimum absolute atomic E-state index is 0.0530. The Balaban J connectivity index is 4.73. The zero-order valence-electron chi connectivity index (χ0n) is 13.9. The second-order valence-electron chi connectivity index (χ2n) is 4.82. The lowest BCUT2D eigenvalue weighted by Gasteiger charge is -2.24. The molecule has 0 heterocycles. The van der Waals surface area contributed by atoms with Crippen LogP contribution in [0.1, 0.15) is 13.8 Å². The van der Waals surface area contributed by atoms with Crippen LogP contribution in [0.15, 0.2) is 0 Å². The first kappa shape index (κ1) is 21.8. The third-order valence-corrected chi connectivity index (χ3v) is 2.77. The Morgan fingerprint density at radius 3 is 1.33 bits per heavy atom. The third-order valence-electron chi connectivity index (χ3n) is 2.77. The Labute approximate surface area is 139 Å². The number of aliphatic carboxylic acids is 2. The van der Waals surface area contributed by atoms with Gasteiger partial charge in [-0.05, 0) is 13.8 Å².